The number of ketones is 1. The highest BCUT2D eigenvalue weighted by atomic mass is 16.5. The third-order valence-electron chi connectivity index (χ3n) is 1.23. The maximum atomic E-state index is 10.6. The minimum absolute atomic E-state index is 0.0428. The third kappa shape index (κ3) is 4.06. The Kier molecular flexibility index (Phi) is 3.69. The molecule has 0 fully saturated rings. The molecule has 0 aliphatic heterocycles. The average Bonchev–Trinajstić information content (AvgIpc) is 1.82. The Morgan fingerprint density at radius 3 is 2.20 bits per heavy atom. The molecular weight excluding hydrogens is 132 g/mol. The highest BCUT2D eigenvalue weighted by molar-refractivity contribution is 5.78. The van der Waals surface area contributed by atoms with E-state index in [4.69, 9.17) is 0 Å². The summed E-state index contributed by atoms with van der Waals surface area (Å²) < 4.78 is 4.61. The molecule has 3 heteroatoms. The van der Waals surface area contributed by atoms with Gasteiger partial charge in [0.05, 0.1) is 0 Å². The van der Waals surface area contributed by atoms with Crippen molar-refractivity contribution in [1.29, 1.82) is 0 Å². The van der Waals surface area contributed by atoms with E-state index in [0.29, 0.717) is 0 Å². The standard InChI is InChI=1S/C7H12O3/c1-5(6(2)8)4-10-7(3)9/h5H,4H2,1-3H3. The molecule has 0 aliphatic carbocycles. The van der Waals surface area contributed by atoms with Crippen LogP contribution in [-0.2, 0) is 14.3 Å². The number of hydrogen-bond donors (Lipinski definition) is 0. The Balaban J connectivity index is 3.49. The van der Waals surface area contributed by atoms with Crippen molar-refractivity contribution in [2.45, 2.75) is 20.8 Å². The first-order chi connectivity index (χ1) is 4.54. The van der Waals surface area contributed by atoms with E-state index < -0.39 is 0 Å². The first-order valence-electron chi connectivity index (χ1n) is 3.18. The van der Waals surface area contributed by atoms with Crippen molar-refractivity contribution in [3.63, 3.8) is 0 Å². The molecule has 0 aromatic carbocycles. The highest BCUT2D eigenvalue weighted by Gasteiger charge is 2.07. The summed E-state index contributed by atoms with van der Waals surface area (Å²) in [6.07, 6.45) is 0. The van der Waals surface area contributed by atoms with Gasteiger partial charge in [-0.3, -0.25) is 9.59 Å². The molecule has 0 aromatic rings. The van der Waals surface area contributed by atoms with Crippen LogP contribution < -0.4 is 0 Å². The zero-order valence-electron chi connectivity index (χ0n) is 6.51. The van der Waals surface area contributed by atoms with E-state index in [1.807, 2.05) is 0 Å². The zero-order valence-corrected chi connectivity index (χ0v) is 6.51. The van der Waals surface area contributed by atoms with Gasteiger partial charge in [0.1, 0.15) is 12.4 Å². The lowest BCUT2D eigenvalue weighted by Crippen LogP contribution is -2.15. The summed E-state index contributed by atoms with van der Waals surface area (Å²) in [6, 6.07) is 0. The molecule has 0 spiro atoms. The van der Waals surface area contributed by atoms with Gasteiger partial charge in [-0.25, -0.2) is 0 Å². The van der Waals surface area contributed by atoms with E-state index in [9.17, 15) is 9.59 Å². The van der Waals surface area contributed by atoms with Crippen molar-refractivity contribution in [2.24, 2.45) is 5.92 Å². The number of ether oxygens (including phenoxy) is 1. The lowest BCUT2D eigenvalue weighted by Gasteiger charge is -2.05. The second kappa shape index (κ2) is 4.04. The number of rotatable bonds is 3. The first-order valence-corrected chi connectivity index (χ1v) is 3.18. The molecule has 0 rings (SSSR count). The van der Waals surface area contributed by atoms with Crippen molar-refractivity contribution in [3.05, 3.63) is 0 Å². The molecule has 0 heterocycles. The van der Waals surface area contributed by atoms with Gasteiger partial charge in [0.15, 0.2) is 0 Å². The Labute approximate surface area is 60.4 Å². The lowest BCUT2D eigenvalue weighted by molar-refractivity contribution is -0.143. The largest absolute Gasteiger partial charge is 0.465 e. The molecule has 1 atom stereocenters. The molecule has 0 bridgehead atoms. The summed E-state index contributed by atoms with van der Waals surface area (Å²) in [7, 11) is 0. The van der Waals surface area contributed by atoms with Crippen LogP contribution in [0.3, 0.4) is 0 Å². The van der Waals surface area contributed by atoms with E-state index in [-0.39, 0.29) is 24.3 Å². The quantitative estimate of drug-likeness (QED) is 0.549. The summed E-state index contributed by atoms with van der Waals surface area (Å²) in [5.41, 5.74) is 0. The molecule has 58 valence electrons. The molecule has 1 unspecified atom stereocenters. The monoisotopic (exact) mass is 144 g/mol. The SMILES string of the molecule is CC(=O)OCC(C)C(C)=O. The van der Waals surface area contributed by atoms with Crippen LogP contribution in [0, 0.1) is 5.92 Å². The molecule has 0 aliphatic rings. The van der Waals surface area contributed by atoms with Crippen LogP contribution in [0.25, 0.3) is 0 Å². The van der Waals surface area contributed by atoms with Gasteiger partial charge >= 0.3 is 5.97 Å². The van der Waals surface area contributed by atoms with E-state index >= 15 is 0 Å². The fraction of sp³-hybridized carbons (Fsp3) is 0.714. The second-order valence-corrected chi connectivity index (χ2v) is 2.31. The normalized spacial score (nSPS) is 12.3. The third-order valence-corrected chi connectivity index (χ3v) is 1.23. The highest BCUT2D eigenvalue weighted by Crippen LogP contribution is 1.96. The van der Waals surface area contributed by atoms with Crippen molar-refractivity contribution in [2.75, 3.05) is 6.61 Å². The summed E-state index contributed by atoms with van der Waals surface area (Å²) >= 11 is 0. The van der Waals surface area contributed by atoms with Crippen molar-refractivity contribution >= 4 is 11.8 Å². The smallest absolute Gasteiger partial charge is 0.302 e. The molecule has 0 N–H and O–H groups in total. The van der Waals surface area contributed by atoms with Crippen LogP contribution in [0.4, 0.5) is 0 Å². The fourth-order valence-electron chi connectivity index (χ4n) is 0.360. The van der Waals surface area contributed by atoms with Crippen LogP contribution in [0.1, 0.15) is 20.8 Å². The Morgan fingerprint density at radius 2 is 1.90 bits per heavy atom. The number of esters is 1. The van der Waals surface area contributed by atoms with Gasteiger partial charge in [0, 0.05) is 12.8 Å². The van der Waals surface area contributed by atoms with Crippen LogP contribution in [0.15, 0.2) is 0 Å². The van der Waals surface area contributed by atoms with Crippen LogP contribution in [0.2, 0.25) is 0 Å². The average molecular weight is 144 g/mol. The minimum atomic E-state index is -0.340. The fourth-order valence-corrected chi connectivity index (χ4v) is 0.360. The molecule has 0 saturated carbocycles. The summed E-state index contributed by atoms with van der Waals surface area (Å²) in [5, 5.41) is 0. The van der Waals surface area contributed by atoms with Gasteiger partial charge < -0.3 is 4.74 Å². The predicted molar refractivity (Wildman–Crippen MR) is 36.5 cm³/mol. The van der Waals surface area contributed by atoms with Gasteiger partial charge in [0.2, 0.25) is 0 Å². The number of carbonyl (C=O) groups is 2. The second-order valence-electron chi connectivity index (χ2n) is 2.31. The van der Waals surface area contributed by atoms with Gasteiger partial charge in [-0.05, 0) is 6.92 Å². The minimum Gasteiger partial charge on any atom is -0.465 e. The zero-order chi connectivity index (χ0) is 8.15. The molecular formula is C7H12O3. The Hall–Kier alpha value is -0.860. The molecule has 3 nitrogen and oxygen atoms in total. The van der Waals surface area contributed by atoms with Crippen LogP contribution >= 0.6 is 0 Å². The lowest BCUT2D eigenvalue weighted by atomic mass is 10.1. The number of hydrogen-bond acceptors (Lipinski definition) is 3. The first kappa shape index (κ1) is 9.14. The maximum absolute atomic E-state index is 10.6. The Bertz CT molecular complexity index is 140. The van der Waals surface area contributed by atoms with E-state index in [1.54, 1.807) is 6.92 Å². The van der Waals surface area contributed by atoms with E-state index in [2.05, 4.69) is 4.74 Å². The molecule has 0 radical (unpaired) electrons. The molecule has 10 heavy (non-hydrogen) atoms. The summed E-state index contributed by atoms with van der Waals surface area (Å²) in [6.45, 7) is 4.73. The topological polar surface area (TPSA) is 43.4 Å². The van der Waals surface area contributed by atoms with Gasteiger partial charge in [0.25, 0.3) is 0 Å². The van der Waals surface area contributed by atoms with Crippen molar-refractivity contribution < 1.29 is 14.3 Å². The molecule has 0 amide bonds. The number of carbonyl (C=O) groups excluding carboxylic acids is 2. The Morgan fingerprint density at radius 1 is 1.40 bits per heavy atom. The molecule has 0 aromatic heterocycles. The van der Waals surface area contributed by atoms with Crippen molar-refractivity contribution in [1.82, 2.24) is 0 Å². The maximum Gasteiger partial charge on any atom is 0.302 e. The van der Waals surface area contributed by atoms with Crippen LogP contribution in [0.5, 0.6) is 0 Å². The summed E-state index contributed by atoms with van der Waals surface area (Å²) in [5.74, 6) is -0.474. The van der Waals surface area contributed by atoms with Crippen molar-refractivity contribution in [3.8, 4) is 0 Å². The van der Waals surface area contributed by atoms with Gasteiger partial charge in [-0.2, -0.15) is 0 Å². The van der Waals surface area contributed by atoms with Gasteiger partial charge in [-0.1, -0.05) is 6.92 Å². The number of Topliss-reactive ketones (excluding diaryl/α,β-unsaturated/α-hetero) is 1. The summed E-state index contributed by atoms with van der Waals surface area (Å²) in [4.78, 5) is 20.8. The molecule has 0 saturated heterocycles. The van der Waals surface area contributed by atoms with E-state index in [1.165, 1.54) is 13.8 Å². The van der Waals surface area contributed by atoms with E-state index in [0.717, 1.165) is 0 Å². The van der Waals surface area contributed by atoms with Gasteiger partial charge in [-0.15, -0.1) is 0 Å². The van der Waals surface area contributed by atoms with Crippen LogP contribution in [-0.4, -0.2) is 18.4 Å². The predicted octanol–water partition coefficient (Wildman–Crippen LogP) is 0.775.